The van der Waals surface area contributed by atoms with Crippen LogP contribution in [0.1, 0.15) is 19.8 Å². The first kappa shape index (κ1) is 14.8. The van der Waals surface area contributed by atoms with E-state index >= 15 is 0 Å². The van der Waals surface area contributed by atoms with Crippen LogP contribution in [-0.4, -0.2) is 31.9 Å². The third kappa shape index (κ3) is 4.44. The van der Waals surface area contributed by atoms with Gasteiger partial charge < -0.3 is 14.8 Å². The smallest absolute Gasteiger partial charge is 0.141 e. The number of hydrogen-bond donors (Lipinski definition) is 1. The first-order chi connectivity index (χ1) is 9.19. The predicted octanol–water partition coefficient (Wildman–Crippen LogP) is 3.12. The van der Waals surface area contributed by atoms with E-state index in [-0.39, 0.29) is 18.0 Å². The molecule has 0 aliphatic carbocycles. The quantitative estimate of drug-likeness (QED) is 0.868. The summed E-state index contributed by atoms with van der Waals surface area (Å²) in [4.78, 5) is 0. The van der Waals surface area contributed by atoms with Gasteiger partial charge in [0.25, 0.3) is 0 Å². The molecule has 1 N–H and O–H groups in total. The highest BCUT2D eigenvalue weighted by Crippen LogP contribution is 2.23. The van der Waals surface area contributed by atoms with Crippen molar-refractivity contribution in [2.75, 3.05) is 19.7 Å². The van der Waals surface area contributed by atoms with Crippen LogP contribution in [0.2, 0.25) is 0 Å². The van der Waals surface area contributed by atoms with Gasteiger partial charge in [0.1, 0.15) is 18.2 Å². The number of ether oxygens (including phenoxy) is 2. The van der Waals surface area contributed by atoms with E-state index in [1.54, 1.807) is 12.1 Å². The van der Waals surface area contributed by atoms with E-state index in [2.05, 4.69) is 28.2 Å². The molecule has 1 aromatic carbocycles. The molecule has 2 atom stereocenters. The fourth-order valence-corrected chi connectivity index (χ4v) is 2.36. The number of benzene rings is 1. The maximum atomic E-state index is 13.3. The summed E-state index contributed by atoms with van der Waals surface area (Å²) in [5.41, 5.74) is 0. The second-order valence-electron chi connectivity index (χ2n) is 4.65. The van der Waals surface area contributed by atoms with Crippen LogP contribution in [0.3, 0.4) is 0 Å². The third-order valence-electron chi connectivity index (χ3n) is 3.14. The van der Waals surface area contributed by atoms with Gasteiger partial charge in [0.2, 0.25) is 0 Å². The Labute approximate surface area is 121 Å². The van der Waals surface area contributed by atoms with Crippen molar-refractivity contribution in [1.82, 2.24) is 5.32 Å². The summed E-state index contributed by atoms with van der Waals surface area (Å²) in [5.74, 6) is 0.231. The second kappa shape index (κ2) is 7.22. The van der Waals surface area contributed by atoms with E-state index in [0.29, 0.717) is 16.8 Å². The van der Waals surface area contributed by atoms with Gasteiger partial charge in [-0.3, -0.25) is 0 Å². The molecule has 1 aliphatic rings. The van der Waals surface area contributed by atoms with Crippen LogP contribution in [0.25, 0.3) is 0 Å². The monoisotopic (exact) mass is 331 g/mol. The number of hydrogen-bond acceptors (Lipinski definition) is 3. The van der Waals surface area contributed by atoms with Crippen molar-refractivity contribution < 1.29 is 13.9 Å². The SMILES string of the molecule is CCNCC1CCC(COc2ccc(Br)c(F)c2)O1. The van der Waals surface area contributed by atoms with Crippen LogP contribution in [-0.2, 0) is 4.74 Å². The van der Waals surface area contributed by atoms with Crippen LogP contribution in [0.4, 0.5) is 4.39 Å². The standard InChI is InChI=1S/C14H19BrFNO2/c1-2-17-8-11-3-4-12(19-11)9-18-10-5-6-13(15)14(16)7-10/h5-7,11-12,17H,2-4,8-9H2,1H3. The molecule has 0 bridgehead atoms. The average molecular weight is 332 g/mol. The van der Waals surface area contributed by atoms with Gasteiger partial charge in [-0.15, -0.1) is 0 Å². The molecule has 0 spiro atoms. The molecule has 0 radical (unpaired) electrons. The molecule has 0 saturated carbocycles. The summed E-state index contributed by atoms with van der Waals surface area (Å²) in [6.45, 7) is 4.40. The number of nitrogens with one attached hydrogen (secondary N) is 1. The normalized spacial score (nSPS) is 22.7. The molecular weight excluding hydrogens is 313 g/mol. The molecular formula is C14H19BrFNO2. The highest BCUT2D eigenvalue weighted by molar-refractivity contribution is 9.10. The minimum atomic E-state index is -0.310. The highest BCUT2D eigenvalue weighted by Gasteiger charge is 2.25. The minimum absolute atomic E-state index is 0.107. The van der Waals surface area contributed by atoms with Gasteiger partial charge in [-0.1, -0.05) is 6.92 Å². The van der Waals surface area contributed by atoms with Gasteiger partial charge in [-0.25, -0.2) is 4.39 Å². The van der Waals surface area contributed by atoms with Gasteiger partial charge >= 0.3 is 0 Å². The fraction of sp³-hybridized carbons (Fsp3) is 0.571. The number of likely N-dealkylation sites (N-methyl/N-ethyl adjacent to an activating group) is 1. The van der Waals surface area contributed by atoms with E-state index in [1.807, 2.05) is 0 Å². The lowest BCUT2D eigenvalue weighted by Gasteiger charge is -2.15. The third-order valence-corrected chi connectivity index (χ3v) is 3.79. The molecule has 0 amide bonds. The highest BCUT2D eigenvalue weighted by atomic mass is 79.9. The fourth-order valence-electron chi connectivity index (χ4n) is 2.11. The summed E-state index contributed by atoms with van der Waals surface area (Å²) in [7, 11) is 0. The molecule has 1 saturated heterocycles. The second-order valence-corrected chi connectivity index (χ2v) is 5.51. The van der Waals surface area contributed by atoms with Crippen LogP contribution < -0.4 is 10.1 Å². The molecule has 1 aliphatic heterocycles. The average Bonchev–Trinajstić information content (AvgIpc) is 2.86. The van der Waals surface area contributed by atoms with Gasteiger partial charge in [0, 0.05) is 12.6 Å². The van der Waals surface area contributed by atoms with E-state index in [4.69, 9.17) is 9.47 Å². The molecule has 2 unspecified atom stereocenters. The number of halogens is 2. The van der Waals surface area contributed by atoms with Gasteiger partial charge in [0.15, 0.2) is 0 Å². The summed E-state index contributed by atoms with van der Waals surface area (Å²) < 4.78 is 25.2. The lowest BCUT2D eigenvalue weighted by atomic mass is 10.2. The summed E-state index contributed by atoms with van der Waals surface area (Å²) >= 11 is 3.12. The lowest BCUT2D eigenvalue weighted by molar-refractivity contribution is 0.0187. The lowest BCUT2D eigenvalue weighted by Crippen LogP contribution is -2.28. The Morgan fingerprint density at radius 2 is 2.21 bits per heavy atom. The molecule has 5 heteroatoms. The molecule has 1 fully saturated rings. The largest absolute Gasteiger partial charge is 0.491 e. The predicted molar refractivity (Wildman–Crippen MR) is 76.0 cm³/mol. The Kier molecular flexibility index (Phi) is 5.60. The maximum Gasteiger partial charge on any atom is 0.141 e. The van der Waals surface area contributed by atoms with Crippen molar-refractivity contribution in [1.29, 1.82) is 0 Å². The van der Waals surface area contributed by atoms with Gasteiger partial charge in [-0.05, 0) is 47.4 Å². The van der Waals surface area contributed by atoms with Crippen molar-refractivity contribution in [2.24, 2.45) is 0 Å². The Hall–Kier alpha value is -0.650. The van der Waals surface area contributed by atoms with Gasteiger partial charge in [-0.2, -0.15) is 0 Å². The van der Waals surface area contributed by atoms with E-state index in [1.165, 1.54) is 6.07 Å². The zero-order valence-electron chi connectivity index (χ0n) is 11.0. The Bertz CT molecular complexity index is 416. The first-order valence-corrected chi connectivity index (χ1v) is 7.42. The number of rotatable bonds is 6. The molecule has 19 heavy (non-hydrogen) atoms. The Balaban J connectivity index is 1.75. The zero-order chi connectivity index (χ0) is 13.7. The molecule has 0 aromatic heterocycles. The summed E-state index contributed by atoms with van der Waals surface area (Å²) in [5, 5.41) is 3.28. The molecule has 2 rings (SSSR count). The summed E-state index contributed by atoms with van der Waals surface area (Å²) in [6.07, 6.45) is 2.43. The maximum absolute atomic E-state index is 13.3. The van der Waals surface area contributed by atoms with Crippen LogP contribution in [0.5, 0.6) is 5.75 Å². The first-order valence-electron chi connectivity index (χ1n) is 6.63. The van der Waals surface area contributed by atoms with Crippen molar-refractivity contribution in [3.8, 4) is 5.75 Å². The topological polar surface area (TPSA) is 30.5 Å². The van der Waals surface area contributed by atoms with Crippen molar-refractivity contribution >= 4 is 15.9 Å². The van der Waals surface area contributed by atoms with Crippen LogP contribution in [0.15, 0.2) is 22.7 Å². The molecule has 1 heterocycles. The van der Waals surface area contributed by atoms with Crippen molar-refractivity contribution in [3.05, 3.63) is 28.5 Å². The summed E-state index contributed by atoms with van der Waals surface area (Å²) in [6, 6.07) is 4.78. The molecule has 106 valence electrons. The van der Waals surface area contributed by atoms with Crippen LogP contribution in [0, 0.1) is 5.82 Å². The Morgan fingerprint density at radius 3 is 2.95 bits per heavy atom. The van der Waals surface area contributed by atoms with Crippen molar-refractivity contribution in [2.45, 2.75) is 32.0 Å². The van der Waals surface area contributed by atoms with E-state index in [0.717, 1.165) is 25.9 Å². The molecule has 3 nitrogen and oxygen atoms in total. The van der Waals surface area contributed by atoms with Crippen molar-refractivity contribution in [3.63, 3.8) is 0 Å². The molecule has 1 aromatic rings. The zero-order valence-corrected chi connectivity index (χ0v) is 12.6. The van der Waals surface area contributed by atoms with Gasteiger partial charge in [0.05, 0.1) is 16.7 Å². The van der Waals surface area contributed by atoms with Crippen LogP contribution >= 0.6 is 15.9 Å². The Morgan fingerprint density at radius 1 is 1.42 bits per heavy atom. The van der Waals surface area contributed by atoms with E-state index < -0.39 is 0 Å². The van der Waals surface area contributed by atoms with E-state index in [9.17, 15) is 4.39 Å². The minimum Gasteiger partial charge on any atom is -0.491 e.